The lowest BCUT2D eigenvalue weighted by Gasteiger charge is -2.15. The van der Waals surface area contributed by atoms with E-state index in [-0.39, 0.29) is 5.91 Å². The maximum atomic E-state index is 12.5. The van der Waals surface area contributed by atoms with E-state index in [2.05, 4.69) is 40.4 Å². The van der Waals surface area contributed by atoms with Crippen LogP contribution in [0.2, 0.25) is 0 Å². The number of aromatic nitrogens is 3. The molecule has 0 aliphatic carbocycles. The Morgan fingerprint density at radius 3 is 2.65 bits per heavy atom. The largest absolute Gasteiger partial charge is 0.328 e. The van der Waals surface area contributed by atoms with Crippen LogP contribution in [0, 0.1) is 0 Å². The van der Waals surface area contributed by atoms with Gasteiger partial charge in [0.15, 0.2) is 0 Å². The molecule has 0 saturated heterocycles. The Bertz CT molecular complexity index is 1110. The molecule has 4 heterocycles. The van der Waals surface area contributed by atoms with E-state index in [1.165, 1.54) is 0 Å². The average Bonchev–Trinajstić information content (AvgIpc) is 3.28. The summed E-state index contributed by atoms with van der Waals surface area (Å²) in [6, 6.07) is 20.1. The second-order valence-electron chi connectivity index (χ2n) is 6.43. The SMILES string of the molecule is O=C1c2cccnc2CN1Cc1ccc(-c2cccc3ccnn23)cc1. The fourth-order valence-corrected chi connectivity index (χ4v) is 3.48. The van der Waals surface area contributed by atoms with E-state index in [1.54, 1.807) is 12.4 Å². The maximum absolute atomic E-state index is 12.5. The molecule has 1 aliphatic rings. The highest BCUT2D eigenvalue weighted by atomic mass is 16.2. The summed E-state index contributed by atoms with van der Waals surface area (Å²) < 4.78 is 1.93. The van der Waals surface area contributed by atoms with E-state index >= 15 is 0 Å². The maximum Gasteiger partial charge on any atom is 0.256 e. The van der Waals surface area contributed by atoms with Gasteiger partial charge in [-0.2, -0.15) is 5.10 Å². The van der Waals surface area contributed by atoms with Crippen LogP contribution >= 0.6 is 0 Å². The molecule has 4 aromatic rings. The molecule has 0 bridgehead atoms. The number of carbonyl (C=O) groups excluding carboxylic acids is 1. The summed E-state index contributed by atoms with van der Waals surface area (Å²) in [5, 5.41) is 4.39. The monoisotopic (exact) mass is 340 g/mol. The fourth-order valence-electron chi connectivity index (χ4n) is 3.48. The molecule has 0 unspecified atom stereocenters. The lowest BCUT2D eigenvalue weighted by Crippen LogP contribution is -2.23. The highest BCUT2D eigenvalue weighted by molar-refractivity contribution is 5.97. The first-order valence-electron chi connectivity index (χ1n) is 8.55. The van der Waals surface area contributed by atoms with Crippen molar-refractivity contribution < 1.29 is 4.79 Å². The van der Waals surface area contributed by atoms with Crippen LogP contribution in [0.1, 0.15) is 21.6 Å². The zero-order valence-electron chi connectivity index (χ0n) is 14.0. The summed E-state index contributed by atoms with van der Waals surface area (Å²) in [5.74, 6) is 0.0542. The Kier molecular flexibility index (Phi) is 3.31. The number of benzene rings is 1. The van der Waals surface area contributed by atoms with Crippen LogP contribution in [0.3, 0.4) is 0 Å². The van der Waals surface area contributed by atoms with Crippen molar-refractivity contribution in [2.24, 2.45) is 0 Å². The summed E-state index contributed by atoms with van der Waals surface area (Å²) >= 11 is 0. The number of hydrogen-bond acceptors (Lipinski definition) is 3. The number of hydrogen-bond donors (Lipinski definition) is 0. The van der Waals surface area contributed by atoms with Crippen LogP contribution in [-0.4, -0.2) is 25.4 Å². The van der Waals surface area contributed by atoms with Gasteiger partial charge in [0, 0.05) is 18.3 Å². The molecular formula is C21H16N4O. The normalized spacial score (nSPS) is 13.4. The summed E-state index contributed by atoms with van der Waals surface area (Å²) in [6.07, 6.45) is 3.54. The van der Waals surface area contributed by atoms with Gasteiger partial charge in [0.05, 0.1) is 35.2 Å². The number of pyridine rings is 2. The molecule has 1 aliphatic heterocycles. The van der Waals surface area contributed by atoms with Crippen molar-refractivity contribution in [1.29, 1.82) is 0 Å². The molecule has 26 heavy (non-hydrogen) atoms. The Morgan fingerprint density at radius 1 is 0.923 bits per heavy atom. The van der Waals surface area contributed by atoms with Gasteiger partial charge in [-0.1, -0.05) is 30.3 Å². The first kappa shape index (κ1) is 14.8. The van der Waals surface area contributed by atoms with Crippen molar-refractivity contribution in [3.63, 3.8) is 0 Å². The van der Waals surface area contributed by atoms with E-state index in [1.807, 2.05) is 39.7 Å². The third-order valence-corrected chi connectivity index (χ3v) is 4.79. The second-order valence-corrected chi connectivity index (χ2v) is 6.43. The van der Waals surface area contributed by atoms with Crippen LogP contribution in [0.4, 0.5) is 0 Å². The van der Waals surface area contributed by atoms with Crippen LogP contribution in [0.15, 0.2) is 73.1 Å². The van der Waals surface area contributed by atoms with Crippen molar-refractivity contribution in [3.8, 4) is 11.3 Å². The van der Waals surface area contributed by atoms with Crippen LogP contribution in [0.25, 0.3) is 16.8 Å². The van der Waals surface area contributed by atoms with Gasteiger partial charge in [0.25, 0.3) is 5.91 Å². The van der Waals surface area contributed by atoms with Gasteiger partial charge in [0.1, 0.15) is 0 Å². The second kappa shape index (κ2) is 5.81. The van der Waals surface area contributed by atoms with E-state index in [4.69, 9.17) is 0 Å². The smallest absolute Gasteiger partial charge is 0.256 e. The molecule has 0 saturated carbocycles. The molecule has 5 rings (SSSR count). The lowest BCUT2D eigenvalue weighted by atomic mass is 10.1. The fraction of sp³-hybridized carbons (Fsp3) is 0.0952. The van der Waals surface area contributed by atoms with Gasteiger partial charge in [-0.25, -0.2) is 4.52 Å². The topological polar surface area (TPSA) is 50.5 Å². The van der Waals surface area contributed by atoms with Crippen molar-refractivity contribution >= 4 is 11.4 Å². The van der Waals surface area contributed by atoms with Gasteiger partial charge >= 0.3 is 0 Å². The lowest BCUT2D eigenvalue weighted by molar-refractivity contribution is 0.0766. The van der Waals surface area contributed by atoms with Crippen molar-refractivity contribution in [2.75, 3.05) is 0 Å². The van der Waals surface area contributed by atoms with Crippen molar-refractivity contribution in [1.82, 2.24) is 19.5 Å². The number of amides is 1. The van der Waals surface area contributed by atoms with Gasteiger partial charge < -0.3 is 4.90 Å². The van der Waals surface area contributed by atoms with E-state index in [0.29, 0.717) is 13.1 Å². The Morgan fingerprint density at radius 2 is 1.81 bits per heavy atom. The molecule has 126 valence electrons. The highest BCUT2D eigenvalue weighted by Gasteiger charge is 2.27. The van der Waals surface area contributed by atoms with Gasteiger partial charge in [-0.05, 0) is 35.9 Å². The number of fused-ring (bicyclic) bond motifs is 2. The molecule has 0 radical (unpaired) electrons. The van der Waals surface area contributed by atoms with E-state index in [9.17, 15) is 4.79 Å². The zero-order chi connectivity index (χ0) is 17.5. The van der Waals surface area contributed by atoms with Crippen LogP contribution in [-0.2, 0) is 13.1 Å². The van der Waals surface area contributed by atoms with E-state index < -0.39 is 0 Å². The summed E-state index contributed by atoms with van der Waals surface area (Å²) in [7, 11) is 0. The quantitative estimate of drug-likeness (QED) is 0.573. The minimum absolute atomic E-state index is 0.0542. The molecular weight excluding hydrogens is 324 g/mol. The predicted octanol–water partition coefficient (Wildman–Crippen LogP) is 3.55. The van der Waals surface area contributed by atoms with Crippen LogP contribution in [0.5, 0.6) is 0 Å². The summed E-state index contributed by atoms with van der Waals surface area (Å²) in [5.41, 5.74) is 5.89. The molecule has 0 N–H and O–H groups in total. The minimum atomic E-state index is 0.0542. The zero-order valence-corrected chi connectivity index (χ0v) is 14.0. The standard InChI is InChI=1S/C21H16N4O/c26-21-18-4-2-11-22-19(18)14-24(21)13-15-6-8-16(9-7-15)20-5-1-3-17-10-12-23-25(17)20/h1-12H,13-14H2. The molecule has 1 amide bonds. The van der Waals surface area contributed by atoms with Gasteiger partial charge in [-0.15, -0.1) is 0 Å². The van der Waals surface area contributed by atoms with Crippen molar-refractivity contribution in [3.05, 3.63) is 89.9 Å². The number of carbonyl (C=O) groups is 1. The van der Waals surface area contributed by atoms with Crippen LogP contribution < -0.4 is 0 Å². The molecule has 5 heteroatoms. The third-order valence-electron chi connectivity index (χ3n) is 4.79. The van der Waals surface area contributed by atoms with Gasteiger partial charge in [-0.3, -0.25) is 9.78 Å². The Balaban J connectivity index is 1.40. The average molecular weight is 340 g/mol. The van der Waals surface area contributed by atoms with E-state index in [0.717, 1.165) is 33.6 Å². The number of nitrogens with zero attached hydrogens (tertiary/aromatic N) is 4. The first-order valence-corrected chi connectivity index (χ1v) is 8.55. The molecule has 3 aromatic heterocycles. The Hall–Kier alpha value is -3.47. The molecule has 0 atom stereocenters. The van der Waals surface area contributed by atoms with Gasteiger partial charge in [0.2, 0.25) is 0 Å². The first-order chi connectivity index (χ1) is 12.8. The summed E-state index contributed by atoms with van der Waals surface area (Å²) in [4.78, 5) is 18.6. The molecule has 1 aromatic carbocycles. The molecule has 0 spiro atoms. The summed E-state index contributed by atoms with van der Waals surface area (Å²) in [6.45, 7) is 1.16. The number of rotatable bonds is 3. The third kappa shape index (κ3) is 2.37. The molecule has 5 nitrogen and oxygen atoms in total. The highest BCUT2D eigenvalue weighted by Crippen LogP contribution is 2.24. The minimum Gasteiger partial charge on any atom is -0.328 e. The Labute approximate surface area is 150 Å². The van der Waals surface area contributed by atoms with Crippen molar-refractivity contribution in [2.45, 2.75) is 13.1 Å². The predicted molar refractivity (Wildman–Crippen MR) is 98.4 cm³/mol. The molecule has 0 fully saturated rings.